The molecule has 0 N–H and O–H groups in total. The van der Waals surface area contributed by atoms with E-state index in [9.17, 15) is 9.59 Å². The van der Waals surface area contributed by atoms with E-state index in [1.807, 2.05) is 32.0 Å². The number of nitrogens with zero attached hydrogens (tertiary/aromatic N) is 5. The molecule has 0 spiro atoms. The molecule has 0 unspecified atom stereocenters. The highest BCUT2D eigenvalue weighted by atomic mass is 32.1. The lowest BCUT2D eigenvalue weighted by atomic mass is 10.1. The molecule has 0 aliphatic rings. The predicted octanol–water partition coefficient (Wildman–Crippen LogP) is 3.84. The summed E-state index contributed by atoms with van der Waals surface area (Å²) >= 11 is 1.33. The van der Waals surface area contributed by atoms with Gasteiger partial charge in [0.25, 0.3) is 0 Å². The van der Waals surface area contributed by atoms with Crippen molar-refractivity contribution >= 4 is 39.7 Å². The van der Waals surface area contributed by atoms with Gasteiger partial charge in [0.2, 0.25) is 5.91 Å². The summed E-state index contributed by atoms with van der Waals surface area (Å²) in [5.41, 5.74) is 4.50. The van der Waals surface area contributed by atoms with E-state index >= 15 is 0 Å². The van der Waals surface area contributed by atoms with Crippen LogP contribution in [0.5, 0.6) is 0 Å². The number of esters is 1. The Morgan fingerprint density at radius 3 is 2.80 bits per heavy atom. The number of carbonyl (C=O) groups is 2. The van der Waals surface area contributed by atoms with Crippen LogP contribution in [0.15, 0.2) is 48.2 Å². The van der Waals surface area contributed by atoms with Crippen LogP contribution in [0.25, 0.3) is 5.65 Å². The van der Waals surface area contributed by atoms with Crippen LogP contribution < -0.4 is 4.90 Å². The molecule has 0 atom stereocenters. The average Bonchev–Trinajstić information content (AvgIpc) is 3.36. The Kier molecular flexibility index (Phi) is 5.28. The monoisotopic (exact) mass is 421 g/mol. The number of ether oxygens (including phenoxy) is 1. The molecule has 30 heavy (non-hydrogen) atoms. The number of aryl methyl sites for hydroxylation is 2. The first-order chi connectivity index (χ1) is 14.4. The minimum atomic E-state index is -0.474. The summed E-state index contributed by atoms with van der Waals surface area (Å²) < 4.78 is 7.03. The van der Waals surface area contributed by atoms with Crippen molar-refractivity contribution in [3.63, 3.8) is 0 Å². The van der Waals surface area contributed by atoms with Gasteiger partial charge in [0, 0.05) is 18.5 Å². The molecule has 0 saturated carbocycles. The fraction of sp³-hybridized carbons (Fsp3) is 0.190. The van der Waals surface area contributed by atoms with Crippen LogP contribution in [-0.2, 0) is 16.1 Å². The third-order valence-electron chi connectivity index (χ3n) is 4.52. The van der Waals surface area contributed by atoms with Crippen LogP contribution in [0.3, 0.4) is 0 Å². The third-order valence-corrected chi connectivity index (χ3v) is 5.39. The van der Waals surface area contributed by atoms with Crippen molar-refractivity contribution in [2.24, 2.45) is 0 Å². The summed E-state index contributed by atoms with van der Waals surface area (Å²) in [6.45, 7) is 5.47. The molecular formula is C21H19N5O3S. The summed E-state index contributed by atoms with van der Waals surface area (Å²) in [6, 6.07) is 9.22. The van der Waals surface area contributed by atoms with Gasteiger partial charge in [-0.25, -0.2) is 9.78 Å². The summed E-state index contributed by atoms with van der Waals surface area (Å²) in [7, 11) is 0. The number of benzene rings is 1. The maximum atomic E-state index is 12.4. The standard InChI is InChI=1S/C21H19N5O3S/c1-13-4-6-18(14(2)8-13)26(15(3)27)21-23-17(11-30-21)10-29-20(28)16-5-7-19-24-22-12-25(19)9-16/h4-9,11-12H,10H2,1-3H3. The topological polar surface area (TPSA) is 89.7 Å². The number of hydrogen-bond acceptors (Lipinski definition) is 7. The van der Waals surface area contributed by atoms with E-state index in [0.717, 1.165) is 16.8 Å². The first-order valence-corrected chi connectivity index (χ1v) is 10.1. The number of pyridine rings is 1. The number of aromatic nitrogens is 4. The van der Waals surface area contributed by atoms with Gasteiger partial charge in [0.1, 0.15) is 12.9 Å². The fourth-order valence-electron chi connectivity index (χ4n) is 3.10. The van der Waals surface area contributed by atoms with Crippen molar-refractivity contribution in [1.29, 1.82) is 0 Å². The Morgan fingerprint density at radius 2 is 2.03 bits per heavy atom. The predicted molar refractivity (Wildman–Crippen MR) is 113 cm³/mol. The molecule has 3 aromatic heterocycles. The Bertz CT molecular complexity index is 1250. The van der Waals surface area contributed by atoms with Gasteiger partial charge in [-0.15, -0.1) is 21.5 Å². The molecule has 0 aliphatic heterocycles. The molecule has 152 valence electrons. The summed E-state index contributed by atoms with van der Waals surface area (Å²) in [5, 5.41) is 10.0. The molecular weight excluding hydrogens is 402 g/mol. The highest BCUT2D eigenvalue weighted by Gasteiger charge is 2.20. The number of anilines is 2. The van der Waals surface area contributed by atoms with E-state index in [-0.39, 0.29) is 12.5 Å². The zero-order valence-corrected chi connectivity index (χ0v) is 17.5. The van der Waals surface area contributed by atoms with Crippen LogP contribution >= 0.6 is 11.3 Å². The lowest BCUT2D eigenvalue weighted by molar-refractivity contribution is -0.115. The lowest BCUT2D eigenvalue weighted by Crippen LogP contribution is -2.23. The van der Waals surface area contributed by atoms with Gasteiger partial charge in [-0.1, -0.05) is 17.7 Å². The Balaban J connectivity index is 1.49. The van der Waals surface area contributed by atoms with Gasteiger partial charge >= 0.3 is 5.97 Å². The molecule has 1 amide bonds. The molecule has 0 saturated heterocycles. The minimum Gasteiger partial charge on any atom is -0.456 e. The van der Waals surface area contributed by atoms with E-state index in [2.05, 4.69) is 15.2 Å². The quantitative estimate of drug-likeness (QED) is 0.455. The highest BCUT2D eigenvalue weighted by molar-refractivity contribution is 7.14. The van der Waals surface area contributed by atoms with Gasteiger partial charge in [0.15, 0.2) is 10.8 Å². The minimum absolute atomic E-state index is 0.00811. The van der Waals surface area contributed by atoms with Gasteiger partial charge < -0.3 is 4.74 Å². The summed E-state index contributed by atoms with van der Waals surface area (Å²) in [5.74, 6) is -0.611. The Hall–Kier alpha value is -3.59. The number of amides is 1. The van der Waals surface area contributed by atoms with E-state index in [1.54, 1.807) is 33.0 Å². The van der Waals surface area contributed by atoms with Crippen LogP contribution in [0.2, 0.25) is 0 Å². The van der Waals surface area contributed by atoms with Crippen molar-refractivity contribution in [3.8, 4) is 0 Å². The van der Waals surface area contributed by atoms with Crippen LogP contribution in [0, 0.1) is 13.8 Å². The Morgan fingerprint density at radius 1 is 1.20 bits per heavy atom. The van der Waals surface area contributed by atoms with Gasteiger partial charge in [-0.05, 0) is 37.6 Å². The van der Waals surface area contributed by atoms with Gasteiger partial charge in [-0.2, -0.15) is 0 Å². The van der Waals surface area contributed by atoms with Gasteiger partial charge in [0.05, 0.1) is 16.9 Å². The molecule has 0 bridgehead atoms. The normalized spacial score (nSPS) is 10.9. The molecule has 1 aromatic carbocycles. The molecule has 4 aromatic rings. The maximum absolute atomic E-state index is 12.4. The van der Waals surface area contributed by atoms with E-state index in [0.29, 0.717) is 22.0 Å². The largest absolute Gasteiger partial charge is 0.456 e. The van der Waals surface area contributed by atoms with E-state index < -0.39 is 5.97 Å². The van der Waals surface area contributed by atoms with Crippen LogP contribution in [0.4, 0.5) is 10.8 Å². The maximum Gasteiger partial charge on any atom is 0.340 e. The van der Waals surface area contributed by atoms with Crippen molar-refractivity contribution in [3.05, 3.63) is 70.6 Å². The second-order valence-corrected chi connectivity index (χ2v) is 7.69. The van der Waals surface area contributed by atoms with Crippen molar-refractivity contribution in [2.75, 3.05) is 4.90 Å². The van der Waals surface area contributed by atoms with Crippen molar-refractivity contribution < 1.29 is 14.3 Å². The smallest absolute Gasteiger partial charge is 0.340 e. The second kappa shape index (κ2) is 8.03. The number of hydrogen-bond donors (Lipinski definition) is 0. The SMILES string of the molecule is CC(=O)N(c1nc(COC(=O)c2ccc3nncn3c2)cs1)c1ccc(C)cc1C. The van der Waals surface area contributed by atoms with Crippen LogP contribution in [-0.4, -0.2) is 31.5 Å². The zero-order valence-electron chi connectivity index (χ0n) is 16.7. The first-order valence-electron chi connectivity index (χ1n) is 9.21. The third kappa shape index (κ3) is 3.92. The van der Waals surface area contributed by atoms with Crippen LogP contribution in [0.1, 0.15) is 34.1 Å². The van der Waals surface area contributed by atoms with E-state index in [4.69, 9.17) is 4.74 Å². The van der Waals surface area contributed by atoms with Gasteiger partial charge in [-0.3, -0.25) is 14.1 Å². The number of fused-ring (bicyclic) bond motifs is 1. The zero-order chi connectivity index (χ0) is 21.3. The molecule has 8 nitrogen and oxygen atoms in total. The molecule has 4 rings (SSSR count). The molecule has 9 heteroatoms. The highest BCUT2D eigenvalue weighted by Crippen LogP contribution is 2.31. The first kappa shape index (κ1) is 19.7. The number of thiazole rings is 1. The Labute approximate surface area is 176 Å². The summed E-state index contributed by atoms with van der Waals surface area (Å²) in [4.78, 5) is 30.8. The number of rotatable bonds is 5. The lowest BCUT2D eigenvalue weighted by Gasteiger charge is -2.20. The van der Waals surface area contributed by atoms with Crippen molar-refractivity contribution in [1.82, 2.24) is 19.6 Å². The molecule has 0 radical (unpaired) electrons. The molecule has 0 aliphatic carbocycles. The molecule has 0 fully saturated rings. The van der Waals surface area contributed by atoms with Crippen molar-refractivity contribution in [2.45, 2.75) is 27.4 Å². The average molecular weight is 421 g/mol. The van der Waals surface area contributed by atoms with E-state index in [1.165, 1.54) is 24.6 Å². The summed E-state index contributed by atoms with van der Waals surface area (Å²) in [6.07, 6.45) is 3.13. The molecule has 3 heterocycles. The number of carbonyl (C=O) groups excluding carboxylic acids is 2. The second-order valence-electron chi connectivity index (χ2n) is 6.86. The fourth-order valence-corrected chi connectivity index (χ4v) is 3.96.